The van der Waals surface area contributed by atoms with E-state index in [1.807, 2.05) is 6.92 Å². The molecule has 2 heterocycles. The molecule has 3 amide bonds. The molecule has 0 spiro atoms. The second-order valence-corrected chi connectivity index (χ2v) is 5.26. The summed E-state index contributed by atoms with van der Waals surface area (Å²) in [5.74, 6) is -1.11. The SMILES string of the molecule is CCC1C(=O)NCCN1C(=O)NCC1CCC(C(=O)O)O1. The average molecular weight is 299 g/mol. The van der Waals surface area contributed by atoms with Gasteiger partial charge in [-0.2, -0.15) is 0 Å². The Morgan fingerprint density at radius 1 is 1.48 bits per heavy atom. The summed E-state index contributed by atoms with van der Waals surface area (Å²) in [4.78, 5) is 36.1. The molecule has 21 heavy (non-hydrogen) atoms. The molecule has 8 nitrogen and oxygen atoms in total. The zero-order valence-electron chi connectivity index (χ0n) is 12.0. The van der Waals surface area contributed by atoms with E-state index in [9.17, 15) is 14.4 Å². The van der Waals surface area contributed by atoms with Crippen molar-refractivity contribution in [2.75, 3.05) is 19.6 Å². The van der Waals surface area contributed by atoms with Crippen molar-refractivity contribution >= 4 is 17.9 Å². The Balaban J connectivity index is 1.81. The number of carboxylic acids is 1. The second-order valence-electron chi connectivity index (χ2n) is 5.26. The average Bonchev–Trinajstić information content (AvgIpc) is 2.93. The minimum atomic E-state index is -0.970. The fraction of sp³-hybridized carbons (Fsp3) is 0.769. The summed E-state index contributed by atoms with van der Waals surface area (Å²) in [5.41, 5.74) is 0. The molecule has 0 aliphatic carbocycles. The van der Waals surface area contributed by atoms with Crippen LogP contribution < -0.4 is 10.6 Å². The van der Waals surface area contributed by atoms with Crippen molar-refractivity contribution in [2.45, 2.75) is 44.4 Å². The Hall–Kier alpha value is -1.83. The molecule has 0 bridgehead atoms. The smallest absolute Gasteiger partial charge is 0.332 e. The molecule has 2 rings (SSSR count). The minimum Gasteiger partial charge on any atom is -0.479 e. The third kappa shape index (κ3) is 3.63. The van der Waals surface area contributed by atoms with Gasteiger partial charge in [0.2, 0.25) is 5.91 Å². The van der Waals surface area contributed by atoms with E-state index in [-0.39, 0.29) is 24.6 Å². The number of urea groups is 1. The van der Waals surface area contributed by atoms with E-state index in [2.05, 4.69) is 10.6 Å². The van der Waals surface area contributed by atoms with Crippen LogP contribution in [0.1, 0.15) is 26.2 Å². The third-order valence-electron chi connectivity index (χ3n) is 3.84. The second kappa shape index (κ2) is 6.75. The zero-order chi connectivity index (χ0) is 15.4. The molecule has 118 valence electrons. The first-order valence-electron chi connectivity index (χ1n) is 7.23. The predicted molar refractivity (Wildman–Crippen MR) is 72.7 cm³/mol. The van der Waals surface area contributed by atoms with E-state index >= 15 is 0 Å². The highest BCUT2D eigenvalue weighted by Crippen LogP contribution is 2.19. The maximum absolute atomic E-state index is 12.1. The van der Waals surface area contributed by atoms with Gasteiger partial charge in [0.05, 0.1) is 6.10 Å². The first-order chi connectivity index (χ1) is 10.0. The Morgan fingerprint density at radius 2 is 2.24 bits per heavy atom. The van der Waals surface area contributed by atoms with Gasteiger partial charge in [0.25, 0.3) is 0 Å². The van der Waals surface area contributed by atoms with Gasteiger partial charge in [0.15, 0.2) is 6.10 Å². The standard InChI is InChI=1S/C13H21N3O5/c1-2-9-11(17)14-5-6-16(9)13(20)15-7-8-3-4-10(21-8)12(18)19/h8-10H,2-7H2,1H3,(H,14,17)(H,15,20)(H,18,19). The van der Waals surface area contributed by atoms with Crippen molar-refractivity contribution in [3.63, 3.8) is 0 Å². The van der Waals surface area contributed by atoms with Crippen LogP contribution in [-0.4, -0.2) is 65.8 Å². The van der Waals surface area contributed by atoms with Gasteiger partial charge in [-0.25, -0.2) is 9.59 Å². The lowest BCUT2D eigenvalue weighted by Gasteiger charge is -2.34. The number of carboxylic acid groups (broad SMARTS) is 1. The fourth-order valence-electron chi connectivity index (χ4n) is 2.70. The van der Waals surface area contributed by atoms with Gasteiger partial charge in [-0.05, 0) is 19.3 Å². The van der Waals surface area contributed by atoms with Gasteiger partial charge in [0.1, 0.15) is 6.04 Å². The van der Waals surface area contributed by atoms with Crippen LogP contribution in [0.4, 0.5) is 4.79 Å². The Bertz CT molecular complexity index is 428. The predicted octanol–water partition coefficient (Wildman–Crippen LogP) is -0.461. The summed E-state index contributed by atoms with van der Waals surface area (Å²) in [6.45, 7) is 3.04. The van der Waals surface area contributed by atoms with Crippen LogP contribution >= 0.6 is 0 Å². The number of nitrogens with one attached hydrogen (secondary N) is 2. The number of amides is 3. The maximum Gasteiger partial charge on any atom is 0.332 e. The fourth-order valence-corrected chi connectivity index (χ4v) is 2.70. The summed E-state index contributed by atoms with van der Waals surface area (Å²) < 4.78 is 5.32. The minimum absolute atomic E-state index is 0.137. The molecule has 3 unspecified atom stereocenters. The first-order valence-corrected chi connectivity index (χ1v) is 7.23. The number of carbonyl (C=O) groups excluding carboxylic acids is 2. The summed E-state index contributed by atoms with van der Waals surface area (Å²) in [5, 5.41) is 14.3. The highest BCUT2D eigenvalue weighted by atomic mass is 16.5. The largest absolute Gasteiger partial charge is 0.479 e. The number of rotatable bonds is 4. The normalized spacial score (nSPS) is 29.1. The van der Waals surface area contributed by atoms with Crippen LogP contribution in [-0.2, 0) is 14.3 Å². The maximum atomic E-state index is 12.1. The molecule has 8 heteroatoms. The lowest BCUT2D eigenvalue weighted by Crippen LogP contribution is -2.59. The highest BCUT2D eigenvalue weighted by molar-refractivity contribution is 5.88. The lowest BCUT2D eigenvalue weighted by molar-refractivity contribution is -0.149. The Labute approximate surface area is 122 Å². The summed E-state index contributed by atoms with van der Waals surface area (Å²) in [7, 11) is 0. The zero-order valence-corrected chi connectivity index (χ0v) is 12.0. The molecule has 0 aromatic carbocycles. The van der Waals surface area contributed by atoms with Crippen molar-refractivity contribution in [1.82, 2.24) is 15.5 Å². The quantitative estimate of drug-likeness (QED) is 0.651. The monoisotopic (exact) mass is 299 g/mol. The van der Waals surface area contributed by atoms with Crippen LogP contribution in [0, 0.1) is 0 Å². The number of piperazine rings is 1. The summed E-state index contributed by atoms with van der Waals surface area (Å²) in [6, 6.07) is -0.755. The van der Waals surface area contributed by atoms with E-state index in [1.165, 1.54) is 4.90 Å². The Kier molecular flexibility index (Phi) is 5.00. The molecule has 0 saturated carbocycles. The molecule has 2 saturated heterocycles. The van der Waals surface area contributed by atoms with Crippen LogP contribution in [0.2, 0.25) is 0 Å². The molecule has 3 atom stereocenters. The topological polar surface area (TPSA) is 108 Å². The van der Waals surface area contributed by atoms with Crippen molar-refractivity contribution in [1.29, 1.82) is 0 Å². The van der Waals surface area contributed by atoms with E-state index in [1.54, 1.807) is 0 Å². The molecule has 0 radical (unpaired) electrons. The number of aliphatic carboxylic acids is 1. The summed E-state index contributed by atoms with van der Waals surface area (Å²) >= 11 is 0. The highest BCUT2D eigenvalue weighted by Gasteiger charge is 2.33. The number of nitrogens with zero attached hydrogens (tertiary/aromatic N) is 1. The van der Waals surface area contributed by atoms with Gasteiger partial charge in [-0.15, -0.1) is 0 Å². The van der Waals surface area contributed by atoms with Gasteiger partial charge in [-0.3, -0.25) is 4.79 Å². The van der Waals surface area contributed by atoms with Crippen molar-refractivity contribution in [3.05, 3.63) is 0 Å². The first kappa shape index (κ1) is 15.6. The van der Waals surface area contributed by atoms with E-state index < -0.39 is 18.1 Å². The molecule has 3 N–H and O–H groups in total. The molecule has 2 aliphatic rings. The number of hydrogen-bond acceptors (Lipinski definition) is 4. The molecule has 0 aromatic rings. The molecule has 0 aromatic heterocycles. The molecular formula is C13H21N3O5. The lowest BCUT2D eigenvalue weighted by atomic mass is 10.1. The van der Waals surface area contributed by atoms with Crippen molar-refractivity contribution < 1.29 is 24.2 Å². The number of hydrogen-bond donors (Lipinski definition) is 3. The van der Waals surface area contributed by atoms with Crippen LogP contribution in [0.25, 0.3) is 0 Å². The molecule has 2 aliphatic heterocycles. The van der Waals surface area contributed by atoms with E-state index in [0.29, 0.717) is 32.4 Å². The van der Waals surface area contributed by atoms with E-state index in [4.69, 9.17) is 9.84 Å². The van der Waals surface area contributed by atoms with Gasteiger partial charge in [-0.1, -0.05) is 6.92 Å². The molecular weight excluding hydrogens is 278 g/mol. The van der Waals surface area contributed by atoms with Crippen LogP contribution in [0.3, 0.4) is 0 Å². The van der Waals surface area contributed by atoms with Crippen LogP contribution in [0.5, 0.6) is 0 Å². The number of carbonyl (C=O) groups is 3. The third-order valence-corrected chi connectivity index (χ3v) is 3.84. The Morgan fingerprint density at radius 3 is 2.86 bits per heavy atom. The molecule has 2 fully saturated rings. The van der Waals surface area contributed by atoms with Gasteiger partial charge in [0, 0.05) is 19.6 Å². The van der Waals surface area contributed by atoms with Crippen LogP contribution in [0.15, 0.2) is 0 Å². The van der Waals surface area contributed by atoms with Gasteiger partial charge < -0.3 is 25.4 Å². The van der Waals surface area contributed by atoms with E-state index in [0.717, 1.165) is 0 Å². The van der Waals surface area contributed by atoms with Crippen molar-refractivity contribution in [2.24, 2.45) is 0 Å². The number of ether oxygens (including phenoxy) is 1. The summed E-state index contributed by atoms with van der Waals surface area (Å²) in [6.07, 6.45) is 0.555. The van der Waals surface area contributed by atoms with Gasteiger partial charge >= 0.3 is 12.0 Å². The van der Waals surface area contributed by atoms with Crippen molar-refractivity contribution in [3.8, 4) is 0 Å².